The van der Waals surface area contributed by atoms with Crippen LogP contribution in [0.25, 0.3) is 33.6 Å². The van der Waals surface area contributed by atoms with E-state index in [4.69, 9.17) is 0 Å². The number of benzene rings is 4. The van der Waals surface area contributed by atoms with E-state index < -0.39 is 52.3 Å². The zero-order chi connectivity index (χ0) is 32.3. The lowest BCUT2D eigenvalue weighted by Crippen LogP contribution is -2.25. The maximum absolute atomic E-state index is 15.0. The minimum Gasteiger partial charge on any atom is -0.429 e. The van der Waals surface area contributed by atoms with E-state index in [1.54, 1.807) is 0 Å². The first-order chi connectivity index (χ1) is 21.5. The van der Waals surface area contributed by atoms with Gasteiger partial charge in [-0.15, -0.1) is 0 Å². The fourth-order valence-corrected chi connectivity index (χ4v) is 4.75. The number of nitrogens with zero attached hydrogens (tertiary/aromatic N) is 2. The van der Waals surface area contributed by atoms with Crippen LogP contribution in [0, 0.1) is 34.9 Å². The van der Waals surface area contributed by atoms with Gasteiger partial charge in [0.05, 0.1) is 0 Å². The number of rotatable bonds is 10. The Kier molecular flexibility index (Phi) is 9.17. The van der Waals surface area contributed by atoms with Crippen LogP contribution in [0.3, 0.4) is 0 Å². The van der Waals surface area contributed by atoms with Gasteiger partial charge in [0.2, 0.25) is 0 Å². The highest BCUT2D eigenvalue weighted by molar-refractivity contribution is 5.71. The van der Waals surface area contributed by atoms with Crippen molar-refractivity contribution >= 4 is 0 Å². The average Bonchev–Trinajstić information content (AvgIpc) is 2.99. The monoisotopic (exact) mass is 628 g/mol. The van der Waals surface area contributed by atoms with Gasteiger partial charge in [0.15, 0.2) is 23.3 Å². The normalized spacial score (nSPS) is 11.6. The molecule has 0 saturated heterocycles. The van der Waals surface area contributed by atoms with Crippen LogP contribution in [0.15, 0.2) is 79.1 Å². The predicted octanol–water partition coefficient (Wildman–Crippen LogP) is 10.2. The van der Waals surface area contributed by atoms with E-state index in [1.165, 1.54) is 36.7 Å². The number of unbranched alkanes of at least 4 members (excludes halogenated alkanes) is 2. The van der Waals surface area contributed by atoms with Gasteiger partial charge in [-0.1, -0.05) is 44.0 Å². The van der Waals surface area contributed by atoms with Crippen LogP contribution in [0.1, 0.15) is 37.3 Å². The average molecular weight is 629 g/mol. The molecular weight excluding hydrogens is 604 g/mol. The minimum absolute atomic E-state index is 0.0279. The quantitative estimate of drug-likeness (QED) is 0.0877. The van der Waals surface area contributed by atoms with Crippen LogP contribution in [0.5, 0.6) is 5.75 Å². The number of halogens is 8. The Hall–Kier alpha value is -4.80. The van der Waals surface area contributed by atoms with E-state index in [1.807, 2.05) is 0 Å². The van der Waals surface area contributed by atoms with Crippen molar-refractivity contribution < 1.29 is 39.9 Å². The molecule has 0 aliphatic carbocycles. The summed E-state index contributed by atoms with van der Waals surface area (Å²) >= 11 is 0. The Bertz CT molecular complexity index is 1780. The maximum Gasteiger partial charge on any atom is 0.432 e. The Balaban J connectivity index is 1.31. The summed E-state index contributed by atoms with van der Waals surface area (Å²) in [7, 11) is 0. The standard InChI is InChI=1S/C34H24F8N2O/c1-2-3-4-5-19-17-43-33(44-18-19)23-15-27(36)31(28(37)16-23)34(41,42)45-24-9-6-20(7-10-24)21-8-11-25(26(35)12-21)22-13-29(38)32(40)30(39)14-22/h6-18H,2-5H2,1H3. The van der Waals surface area contributed by atoms with Gasteiger partial charge in [-0.3, -0.25) is 0 Å². The summed E-state index contributed by atoms with van der Waals surface area (Å²) in [5.74, 6) is -9.10. The molecule has 0 radical (unpaired) electrons. The molecule has 0 amide bonds. The van der Waals surface area contributed by atoms with E-state index in [-0.39, 0.29) is 28.1 Å². The summed E-state index contributed by atoms with van der Waals surface area (Å²) in [6.07, 6.45) is 2.39. The maximum atomic E-state index is 15.0. The molecule has 0 bridgehead atoms. The molecule has 0 saturated carbocycles. The molecule has 5 rings (SSSR count). The second kappa shape index (κ2) is 13.1. The number of ether oxygens (including phenoxy) is 1. The van der Waals surface area contributed by atoms with Crippen molar-refractivity contribution in [3.63, 3.8) is 0 Å². The van der Waals surface area contributed by atoms with E-state index in [9.17, 15) is 26.3 Å². The zero-order valence-corrected chi connectivity index (χ0v) is 23.7. The molecule has 0 aliphatic heterocycles. The van der Waals surface area contributed by atoms with Gasteiger partial charge in [0, 0.05) is 23.5 Å². The molecule has 5 aromatic rings. The van der Waals surface area contributed by atoms with Crippen molar-refractivity contribution in [2.75, 3.05) is 0 Å². The molecule has 0 aliphatic rings. The van der Waals surface area contributed by atoms with Gasteiger partial charge in [-0.2, -0.15) is 8.78 Å². The zero-order valence-electron chi connectivity index (χ0n) is 23.7. The van der Waals surface area contributed by atoms with Gasteiger partial charge in [0.1, 0.15) is 28.8 Å². The molecule has 0 atom stereocenters. The molecule has 0 unspecified atom stereocenters. The van der Waals surface area contributed by atoms with Crippen LogP contribution in [0.4, 0.5) is 35.1 Å². The first kappa shape index (κ1) is 31.6. The first-order valence-corrected chi connectivity index (χ1v) is 13.9. The molecule has 45 heavy (non-hydrogen) atoms. The highest BCUT2D eigenvalue weighted by atomic mass is 19.3. The summed E-state index contributed by atoms with van der Waals surface area (Å²) in [6.45, 7) is 2.07. The van der Waals surface area contributed by atoms with Crippen molar-refractivity contribution in [2.24, 2.45) is 0 Å². The molecule has 4 aromatic carbocycles. The number of alkyl halides is 2. The van der Waals surface area contributed by atoms with Crippen LogP contribution in [-0.2, 0) is 12.5 Å². The second-order valence-electron chi connectivity index (χ2n) is 10.3. The molecule has 1 heterocycles. The fraction of sp³-hybridized carbons (Fsp3) is 0.176. The van der Waals surface area contributed by atoms with Crippen molar-refractivity contribution in [3.8, 4) is 39.4 Å². The first-order valence-electron chi connectivity index (χ1n) is 13.9. The van der Waals surface area contributed by atoms with E-state index >= 15 is 8.78 Å². The fourth-order valence-electron chi connectivity index (χ4n) is 4.75. The van der Waals surface area contributed by atoms with Gasteiger partial charge in [-0.25, -0.2) is 36.3 Å². The smallest absolute Gasteiger partial charge is 0.429 e. The predicted molar refractivity (Wildman–Crippen MR) is 152 cm³/mol. The molecular formula is C34H24F8N2O. The third-order valence-corrected chi connectivity index (χ3v) is 7.06. The minimum atomic E-state index is -4.41. The SMILES string of the molecule is CCCCCc1cnc(-c2cc(F)c(C(F)(F)Oc3ccc(-c4ccc(-c5cc(F)c(F)c(F)c5)c(F)c4)cc3)c(F)c2)nc1. The number of hydrogen-bond donors (Lipinski definition) is 0. The van der Waals surface area contributed by atoms with Gasteiger partial charge in [-0.05, 0) is 77.6 Å². The molecule has 0 spiro atoms. The van der Waals surface area contributed by atoms with Gasteiger partial charge in [0.25, 0.3) is 0 Å². The largest absolute Gasteiger partial charge is 0.432 e. The molecule has 1 aromatic heterocycles. The molecule has 3 nitrogen and oxygen atoms in total. The molecule has 0 N–H and O–H groups in total. The molecule has 11 heteroatoms. The lowest BCUT2D eigenvalue weighted by molar-refractivity contribution is -0.189. The van der Waals surface area contributed by atoms with Crippen LogP contribution in [-0.4, -0.2) is 9.97 Å². The lowest BCUT2D eigenvalue weighted by atomic mass is 9.99. The van der Waals surface area contributed by atoms with Crippen LogP contribution in [0.2, 0.25) is 0 Å². The highest BCUT2D eigenvalue weighted by Crippen LogP contribution is 2.37. The Morgan fingerprint density at radius 3 is 1.76 bits per heavy atom. The third-order valence-electron chi connectivity index (χ3n) is 7.06. The summed E-state index contributed by atoms with van der Waals surface area (Å²) in [5, 5.41) is 0. The number of aromatic nitrogens is 2. The van der Waals surface area contributed by atoms with Gasteiger partial charge < -0.3 is 4.74 Å². The summed E-state index contributed by atoms with van der Waals surface area (Å²) < 4.78 is 120. The van der Waals surface area contributed by atoms with E-state index in [0.29, 0.717) is 29.8 Å². The second-order valence-corrected chi connectivity index (χ2v) is 10.3. The highest BCUT2D eigenvalue weighted by Gasteiger charge is 2.41. The van der Waals surface area contributed by atoms with E-state index in [0.717, 1.165) is 49.4 Å². The topological polar surface area (TPSA) is 35.0 Å². The van der Waals surface area contributed by atoms with Crippen LogP contribution < -0.4 is 4.74 Å². The van der Waals surface area contributed by atoms with Gasteiger partial charge >= 0.3 is 6.11 Å². The number of aryl methyl sites for hydroxylation is 1. The van der Waals surface area contributed by atoms with Crippen LogP contribution >= 0.6 is 0 Å². The van der Waals surface area contributed by atoms with Crippen molar-refractivity contribution in [3.05, 3.63) is 125 Å². The van der Waals surface area contributed by atoms with E-state index in [2.05, 4.69) is 21.6 Å². The Morgan fingerprint density at radius 2 is 1.18 bits per heavy atom. The van der Waals surface area contributed by atoms with Crippen molar-refractivity contribution in [1.82, 2.24) is 9.97 Å². The van der Waals surface area contributed by atoms with Crippen molar-refractivity contribution in [2.45, 2.75) is 38.7 Å². The Labute approximate surface area is 253 Å². The molecule has 232 valence electrons. The lowest BCUT2D eigenvalue weighted by Gasteiger charge is -2.20. The number of hydrogen-bond acceptors (Lipinski definition) is 3. The summed E-state index contributed by atoms with van der Waals surface area (Å²) in [6, 6.07) is 11.2. The third kappa shape index (κ3) is 6.97. The Morgan fingerprint density at radius 1 is 0.622 bits per heavy atom. The summed E-state index contributed by atoms with van der Waals surface area (Å²) in [4.78, 5) is 8.22. The summed E-state index contributed by atoms with van der Waals surface area (Å²) in [5.41, 5.74) is -0.697. The van der Waals surface area contributed by atoms with Crippen molar-refractivity contribution in [1.29, 1.82) is 0 Å². The molecule has 0 fully saturated rings.